The zero-order valence-electron chi connectivity index (χ0n) is 11.5. The summed E-state index contributed by atoms with van der Waals surface area (Å²) in [5.74, 6) is -0.299. The Balaban J connectivity index is 2.95. The minimum Gasteiger partial charge on any atom is -0.469 e. The lowest BCUT2D eigenvalue weighted by atomic mass is 9.67. The summed E-state index contributed by atoms with van der Waals surface area (Å²) < 4.78 is 4.88. The molecule has 0 radical (unpaired) electrons. The highest BCUT2D eigenvalue weighted by Crippen LogP contribution is 2.42. The monoisotopic (exact) mass is 243 g/mol. The van der Waals surface area contributed by atoms with Crippen LogP contribution in [-0.4, -0.2) is 48.8 Å². The van der Waals surface area contributed by atoms with Gasteiger partial charge in [0.1, 0.15) is 0 Å². The summed E-state index contributed by atoms with van der Waals surface area (Å²) in [6, 6.07) is 0. The topological polar surface area (TPSA) is 49.8 Å². The first-order valence-electron chi connectivity index (χ1n) is 6.39. The third kappa shape index (κ3) is 2.63. The van der Waals surface area contributed by atoms with Gasteiger partial charge in [-0.2, -0.15) is 0 Å². The maximum absolute atomic E-state index is 12.0. The number of hydrogen-bond acceptors (Lipinski definition) is 4. The molecule has 1 heterocycles. The molecule has 0 spiro atoms. The van der Waals surface area contributed by atoms with E-state index in [9.17, 15) is 9.90 Å². The Labute approximate surface area is 104 Å². The zero-order valence-corrected chi connectivity index (χ0v) is 11.5. The normalized spacial score (nSPS) is 30.4. The van der Waals surface area contributed by atoms with Gasteiger partial charge in [-0.25, -0.2) is 0 Å². The maximum atomic E-state index is 12.0. The highest BCUT2D eigenvalue weighted by atomic mass is 16.5. The van der Waals surface area contributed by atoms with E-state index in [-0.39, 0.29) is 5.97 Å². The molecule has 1 N–H and O–H groups in total. The van der Waals surface area contributed by atoms with Crippen LogP contribution in [0.5, 0.6) is 0 Å². The van der Waals surface area contributed by atoms with Crippen molar-refractivity contribution in [3.63, 3.8) is 0 Å². The number of carbonyl (C=O) groups is 1. The molecule has 17 heavy (non-hydrogen) atoms. The van der Waals surface area contributed by atoms with Crippen molar-refractivity contribution in [2.75, 3.05) is 27.2 Å². The fourth-order valence-corrected chi connectivity index (χ4v) is 2.69. The van der Waals surface area contributed by atoms with Gasteiger partial charge in [-0.3, -0.25) is 4.79 Å². The summed E-state index contributed by atoms with van der Waals surface area (Å²) in [4.78, 5) is 14.2. The fraction of sp³-hybridized carbons (Fsp3) is 0.923. The van der Waals surface area contributed by atoms with Gasteiger partial charge in [0.25, 0.3) is 0 Å². The molecule has 0 aromatic rings. The highest BCUT2D eigenvalue weighted by Gasteiger charge is 2.51. The summed E-state index contributed by atoms with van der Waals surface area (Å²) in [5.41, 5.74) is -1.74. The van der Waals surface area contributed by atoms with Crippen LogP contribution in [0.25, 0.3) is 0 Å². The Morgan fingerprint density at radius 1 is 1.47 bits per heavy atom. The van der Waals surface area contributed by atoms with Crippen molar-refractivity contribution in [1.82, 2.24) is 4.90 Å². The zero-order chi connectivity index (χ0) is 13.1. The van der Waals surface area contributed by atoms with Crippen molar-refractivity contribution in [2.24, 2.45) is 5.41 Å². The van der Waals surface area contributed by atoms with Crippen LogP contribution >= 0.6 is 0 Å². The van der Waals surface area contributed by atoms with Gasteiger partial charge in [-0.05, 0) is 46.2 Å². The number of hydrogen-bond donors (Lipinski definition) is 1. The number of esters is 1. The first-order valence-corrected chi connectivity index (χ1v) is 6.39. The largest absolute Gasteiger partial charge is 0.469 e. The molecule has 0 bridgehead atoms. The van der Waals surface area contributed by atoms with Gasteiger partial charge < -0.3 is 14.7 Å². The Bertz CT molecular complexity index is 282. The first kappa shape index (κ1) is 14.5. The van der Waals surface area contributed by atoms with Gasteiger partial charge in [0.15, 0.2) is 0 Å². The van der Waals surface area contributed by atoms with E-state index < -0.39 is 11.0 Å². The van der Waals surface area contributed by atoms with Crippen LogP contribution < -0.4 is 0 Å². The third-order valence-corrected chi connectivity index (χ3v) is 4.41. The van der Waals surface area contributed by atoms with Gasteiger partial charge in [0.2, 0.25) is 0 Å². The molecule has 1 aliphatic rings. The standard InChI is InChI=1S/C13H25NO3/c1-5-12(2,11(15)17-4)13(16)7-6-9-14(3)10-8-13/h16H,5-10H2,1-4H3. The molecule has 0 aromatic heterocycles. The molecule has 2 unspecified atom stereocenters. The molecule has 1 saturated heterocycles. The van der Waals surface area contributed by atoms with Crippen LogP contribution in [0.4, 0.5) is 0 Å². The Hall–Kier alpha value is -0.610. The molecule has 100 valence electrons. The van der Waals surface area contributed by atoms with Crippen LogP contribution in [0.15, 0.2) is 0 Å². The van der Waals surface area contributed by atoms with Crippen molar-refractivity contribution >= 4 is 5.97 Å². The summed E-state index contributed by atoms with van der Waals surface area (Å²) in [6.45, 7) is 5.56. The quantitative estimate of drug-likeness (QED) is 0.762. The fourth-order valence-electron chi connectivity index (χ4n) is 2.69. The summed E-state index contributed by atoms with van der Waals surface area (Å²) in [6.07, 6.45) is 2.80. The lowest BCUT2D eigenvalue weighted by molar-refractivity contribution is -0.173. The van der Waals surface area contributed by atoms with Crippen LogP contribution in [0.3, 0.4) is 0 Å². The van der Waals surface area contributed by atoms with Gasteiger partial charge in [0, 0.05) is 6.54 Å². The van der Waals surface area contributed by atoms with Gasteiger partial charge in [-0.15, -0.1) is 0 Å². The highest BCUT2D eigenvalue weighted by molar-refractivity contribution is 5.77. The molecule has 4 nitrogen and oxygen atoms in total. The first-order chi connectivity index (χ1) is 7.89. The lowest BCUT2D eigenvalue weighted by Gasteiger charge is -2.42. The van der Waals surface area contributed by atoms with Crippen LogP contribution in [-0.2, 0) is 9.53 Å². The van der Waals surface area contributed by atoms with Crippen LogP contribution in [0, 0.1) is 5.41 Å². The molecule has 0 saturated carbocycles. The second kappa shape index (κ2) is 5.36. The molecule has 0 aliphatic carbocycles. The number of carbonyl (C=O) groups excluding carboxylic acids is 1. The molecular weight excluding hydrogens is 218 g/mol. The summed E-state index contributed by atoms with van der Waals surface area (Å²) in [5, 5.41) is 10.9. The average Bonchev–Trinajstić information content (AvgIpc) is 2.50. The van der Waals surface area contributed by atoms with Crippen molar-refractivity contribution in [3.8, 4) is 0 Å². The van der Waals surface area contributed by atoms with Gasteiger partial charge in [0.05, 0.1) is 18.1 Å². The van der Waals surface area contributed by atoms with Crippen LogP contribution in [0.2, 0.25) is 0 Å². The predicted molar refractivity (Wildman–Crippen MR) is 66.7 cm³/mol. The number of ether oxygens (including phenoxy) is 1. The molecule has 4 heteroatoms. The van der Waals surface area contributed by atoms with E-state index in [0.717, 1.165) is 19.5 Å². The van der Waals surface area contributed by atoms with E-state index in [2.05, 4.69) is 4.90 Å². The van der Waals surface area contributed by atoms with Crippen molar-refractivity contribution in [3.05, 3.63) is 0 Å². The molecule has 0 aromatic carbocycles. The van der Waals surface area contributed by atoms with Crippen LogP contribution in [0.1, 0.15) is 39.5 Å². The SMILES string of the molecule is CCC(C)(C(=O)OC)C1(O)CCCN(C)CC1. The van der Waals surface area contributed by atoms with Crippen molar-refractivity contribution in [2.45, 2.75) is 45.1 Å². The van der Waals surface area contributed by atoms with E-state index in [1.165, 1.54) is 7.11 Å². The molecule has 1 fully saturated rings. The Morgan fingerprint density at radius 3 is 2.65 bits per heavy atom. The average molecular weight is 243 g/mol. The van der Waals surface area contributed by atoms with Crippen molar-refractivity contribution in [1.29, 1.82) is 0 Å². The van der Waals surface area contributed by atoms with Crippen molar-refractivity contribution < 1.29 is 14.6 Å². The number of likely N-dealkylation sites (tertiary alicyclic amines) is 1. The van der Waals surface area contributed by atoms with E-state index >= 15 is 0 Å². The molecule has 1 rings (SSSR count). The Morgan fingerprint density at radius 2 is 2.12 bits per heavy atom. The third-order valence-electron chi connectivity index (χ3n) is 4.41. The number of methoxy groups -OCH3 is 1. The maximum Gasteiger partial charge on any atom is 0.314 e. The van der Waals surface area contributed by atoms with E-state index in [1.54, 1.807) is 0 Å². The summed E-state index contributed by atoms with van der Waals surface area (Å²) in [7, 11) is 3.44. The van der Waals surface area contributed by atoms with Gasteiger partial charge >= 0.3 is 5.97 Å². The van der Waals surface area contributed by atoms with Gasteiger partial charge in [-0.1, -0.05) is 6.92 Å². The smallest absolute Gasteiger partial charge is 0.314 e. The number of aliphatic hydroxyl groups is 1. The second-order valence-electron chi connectivity index (χ2n) is 5.37. The Kier molecular flexibility index (Phi) is 4.55. The van der Waals surface area contributed by atoms with E-state index in [0.29, 0.717) is 19.3 Å². The molecular formula is C13H25NO3. The number of nitrogens with zero attached hydrogens (tertiary/aromatic N) is 1. The van der Waals surface area contributed by atoms with E-state index in [4.69, 9.17) is 4.74 Å². The summed E-state index contributed by atoms with van der Waals surface area (Å²) >= 11 is 0. The minimum absolute atomic E-state index is 0.299. The number of rotatable bonds is 3. The second-order valence-corrected chi connectivity index (χ2v) is 5.37. The predicted octanol–water partition coefficient (Wildman–Crippen LogP) is 1.42. The molecule has 1 aliphatic heterocycles. The minimum atomic E-state index is -0.945. The molecule has 2 atom stereocenters. The van der Waals surface area contributed by atoms with E-state index in [1.807, 2.05) is 20.9 Å². The molecule has 0 amide bonds. The lowest BCUT2D eigenvalue weighted by Crippen LogP contribution is -2.52.